The average Bonchev–Trinajstić information content (AvgIpc) is 3.30. The van der Waals surface area contributed by atoms with Crippen molar-refractivity contribution in [3.05, 3.63) is 66.6 Å². The van der Waals surface area contributed by atoms with E-state index < -0.39 is 34.6 Å². The Morgan fingerprint density at radius 2 is 1.73 bits per heavy atom. The number of hydrogen-bond donors (Lipinski definition) is 0. The van der Waals surface area contributed by atoms with Gasteiger partial charge >= 0.3 is 6.18 Å². The highest BCUT2D eigenvalue weighted by Crippen LogP contribution is 2.28. The molecule has 2 aromatic carbocycles. The van der Waals surface area contributed by atoms with Crippen molar-refractivity contribution in [2.45, 2.75) is 30.5 Å². The van der Waals surface area contributed by atoms with E-state index in [1.54, 1.807) is 24.3 Å². The molecule has 1 aliphatic rings. The third kappa shape index (κ3) is 5.39. The van der Waals surface area contributed by atoms with Gasteiger partial charge in [0.2, 0.25) is 15.9 Å². The predicted molar refractivity (Wildman–Crippen MR) is 116 cm³/mol. The lowest BCUT2D eigenvalue weighted by Gasteiger charge is -2.33. The number of nitrogens with zero attached hydrogens (tertiary/aromatic N) is 2. The molecule has 33 heavy (non-hydrogen) atoms. The zero-order valence-electron chi connectivity index (χ0n) is 17.7. The van der Waals surface area contributed by atoms with E-state index in [9.17, 15) is 26.4 Å². The Labute approximate surface area is 189 Å². The maximum Gasteiger partial charge on any atom is 0.406 e. The smallest absolute Gasteiger partial charge is 0.406 e. The van der Waals surface area contributed by atoms with Gasteiger partial charge in [0.05, 0.1) is 17.7 Å². The number of hydrogen-bond acceptors (Lipinski definition) is 4. The van der Waals surface area contributed by atoms with Crippen LogP contribution in [0.4, 0.5) is 13.2 Å². The number of carbonyl (C=O) groups excluding carboxylic acids is 1. The monoisotopic (exact) mass is 480 g/mol. The molecule has 2 heterocycles. The number of piperidine rings is 1. The van der Waals surface area contributed by atoms with E-state index >= 15 is 0 Å². The highest BCUT2D eigenvalue weighted by Gasteiger charge is 2.38. The Morgan fingerprint density at radius 3 is 2.36 bits per heavy atom. The number of carbonyl (C=O) groups is 1. The van der Waals surface area contributed by atoms with E-state index in [-0.39, 0.29) is 43.1 Å². The van der Waals surface area contributed by atoms with Crippen molar-refractivity contribution < 1.29 is 30.8 Å². The molecule has 0 N–H and O–H groups in total. The predicted octanol–water partition coefficient (Wildman–Crippen LogP) is 4.42. The van der Waals surface area contributed by atoms with Crippen LogP contribution < -0.4 is 0 Å². The fraction of sp³-hybridized carbons (Fsp3) is 0.348. The summed E-state index contributed by atoms with van der Waals surface area (Å²) >= 11 is 0. The first-order valence-corrected chi connectivity index (χ1v) is 11.9. The average molecular weight is 481 g/mol. The number of furan rings is 1. The molecule has 176 valence electrons. The summed E-state index contributed by atoms with van der Waals surface area (Å²) < 4.78 is 71.8. The van der Waals surface area contributed by atoms with Crippen molar-refractivity contribution >= 4 is 26.7 Å². The summed E-state index contributed by atoms with van der Waals surface area (Å²) in [5.41, 5.74) is 0. The number of rotatable bonds is 6. The van der Waals surface area contributed by atoms with E-state index in [0.717, 1.165) is 15.7 Å². The van der Waals surface area contributed by atoms with Gasteiger partial charge in [-0.05, 0) is 47.9 Å². The fourth-order valence-electron chi connectivity index (χ4n) is 4.10. The van der Waals surface area contributed by atoms with E-state index in [1.807, 2.05) is 24.3 Å². The summed E-state index contributed by atoms with van der Waals surface area (Å²) in [5.74, 6) is -1.08. The first kappa shape index (κ1) is 23.3. The third-order valence-electron chi connectivity index (χ3n) is 5.77. The van der Waals surface area contributed by atoms with Gasteiger partial charge in [0, 0.05) is 19.0 Å². The largest absolute Gasteiger partial charge is 0.467 e. The quantitative estimate of drug-likeness (QED) is 0.524. The van der Waals surface area contributed by atoms with Crippen LogP contribution in [0.15, 0.2) is 70.2 Å². The normalized spacial score (nSPS) is 16.2. The molecule has 1 saturated heterocycles. The Hall–Kier alpha value is -2.85. The van der Waals surface area contributed by atoms with Gasteiger partial charge in [0.15, 0.2) is 0 Å². The SMILES string of the molecule is O=C(C1CCN(S(=O)(=O)c2ccc3ccccc3c2)CC1)N(Cc1ccco1)CC(F)(F)F. The molecule has 10 heteroatoms. The van der Waals surface area contributed by atoms with Crippen molar-refractivity contribution in [2.75, 3.05) is 19.6 Å². The van der Waals surface area contributed by atoms with Crippen molar-refractivity contribution in [3.63, 3.8) is 0 Å². The van der Waals surface area contributed by atoms with Crippen LogP contribution in [0.25, 0.3) is 10.8 Å². The van der Waals surface area contributed by atoms with Crippen LogP contribution in [0.3, 0.4) is 0 Å². The van der Waals surface area contributed by atoms with Crippen molar-refractivity contribution in [1.82, 2.24) is 9.21 Å². The van der Waals surface area contributed by atoms with Crippen LogP contribution in [0, 0.1) is 5.92 Å². The minimum Gasteiger partial charge on any atom is -0.467 e. The molecule has 0 atom stereocenters. The zero-order valence-corrected chi connectivity index (χ0v) is 18.5. The molecule has 0 aliphatic carbocycles. The van der Waals surface area contributed by atoms with Crippen LogP contribution in [-0.2, 0) is 21.4 Å². The van der Waals surface area contributed by atoms with Gasteiger partial charge in [-0.15, -0.1) is 0 Å². The lowest BCUT2D eigenvalue weighted by atomic mass is 9.96. The minimum absolute atomic E-state index is 0.0617. The van der Waals surface area contributed by atoms with E-state index in [2.05, 4.69) is 0 Å². The highest BCUT2D eigenvalue weighted by molar-refractivity contribution is 7.89. The summed E-state index contributed by atoms with van der Waals surface area (Å²) in [6.45, 7) is -1.55. The fourth-order valence-corrected chi connectivity index (χ4v) is 5.60. The van der Waals surface area contributed by atoms with Gasteiger partial charge in [-0.25, -0.2) is 8.42 Å². The highest BCUT2D eigenvalue weighted by atomic mass is 32.2. The van der Waals surface area contributed by atoms with Crippen molar-refractivity contribution in [3.8, 4) is 0 Å². The van der Waals surface area contributed by atoms with Crippen LogP contribution in [0.1, 0.15) is 18.6 Å². The van der Waals surface area contributed by atoms with Gasteiger partial charge < -0.3 is 9.32 Å². The zero-order chi connectivity index (χ0) is 23.6. The maximum absolute atomic E-state index is 13.1. The molecule has 4 rings (SSSR count). The van der Waals surface area contributed by atoms with Gasteiger partial charge in [-0.1, -0.05) is 30.3 Å². The molecule has 0 bridgehead atoms. The Bertz CT molecular complexity index is 1220. The molecule has 3 aromatic rings. The van der Waals surface area contributed by atoms with Crippen LogP contribution in [0.2, 0.25) is 0 Å². The molecule has 0 unspecified atom stereocenters. The van der Waals surface area contributed by atoms with Gasteiger partial charge in [0.1, 0.15) is 12.3 Å². The molecule has 1 aliphatic heterocycles. The molecule has 0 spiro atoms. The number of alkyl halides is 3. The third-order valence-corrected chi connectivity index (χ3v) is 7.67. The molecule has 1 fully saturated rings. The lowest BCUT2D eigenvalue weighted by Crippen LogP contribution is -2.46. The molecule has 1 amide bonds. The van der Waals surface area contributed by atoms with Gasteiger partial charge in [0.25, 0.3) is 0 Å². The Kier molecular flexibility index (Phi) is 6.49. The van der Waals surface area contributed by atoms with Crippen LogP contribution in [-0.4, -0.2) is 49.3 Å². The molecule has 0 radical (unpaired) electrons. The van der Waals surface area contributed by atoms with Crippen molar-refractivity contribution in [2.24, 2.45) is 5.92 Å². The molecular formula is C23H23F3N2O4S. The summed E-state index contributed by atoms with van der Waals surface area (Å²) in [5, 5.41) is 1.71. The van der Waals surface area contributed by atoms with E-state index in [0.29, 0.717) is 0 Å². The number of sulfonamides is 1. The summed E-state index contributed by atoms with van der Waals surface area (Å²) in [4.78, 5) is 13.8. The topological polar surface area (TPSA) is 70.8 Å². The van der Waals surface area contributed by atoms with Crippen LogP contribution in [0.5, 0.6) is 0 Å². The summed E-state index contributed by atoms with van der Waals surface area (Å²) in [6, 6.07) is 15.3. The Morgan fingerprint density at radius 1 is 1.03 bits per heavy atom. The second-order valence-electron chi connectivity index (χ2n) is 8.08. The van der Waals surface area contributed by atoms with Gasteiger partial charge in [-0.2, -0.15) is 17.5 Å². The molecule has 6 nitrogen and oxygen atoms in total. The number of benzene rings is 2. The number of amides is 1. The van der Waals surface area contributed by atoms with E-state index in [4.69, 9.17) is 4.42 Å². The summed E-state index contributed by atoms with van der Waals surface area (Å²) in [7, 11) is -3.78. The standard InChI is InChI=1S/C23H23F3N2O4S/c24-23(25,26)16-27(15-20-6-3-13-32-20)22(29)18-9-11-28(12-10-18)33(30,31)21-8-7-17-4-1-2-5-19(17)14-21/h1-8,13-14,18H,9-12,15-16H2. The maximum atomic E-state index is 13.1. The van der Waals surface area contributed by atoms with Crippen molar-refractivity contribution in [1.29, 1.82) is 0 Å². The number of fused-ring (bicyclic) bond motifs is 1. The lowest BCUT2D eigenvalue weighted by molar-refractivity contribution is -0.166. The second-order valence-corrected chi connectivity index (χ2v) is 10.0. The molecule has 0 saturated carbocycles. The van der Waals surface area contributed by atoms with Gasteiger partial charge in [-0.3, -0.25) is 4.79 Å². The first-order chi connectivity index (χ1) is 15.6. The molecular weight excluding hydrogens is 457 g/mol. The van der Waals surface area contributed by atoms with Crippen LogP contribution >= 0.6 is 0 Å². The Balaban J connectivity index is 1.45. The number of halogens is 3. The summed E-state index contributed by atoms with van der Waals surface area (Å²) in [6.07, 6.45) is -2.92. The van der Waals surface area contributed by atoms with E-state index in [1.165, 1.54) is 16.6 Å². The second kappa shape index (κ2) is 9.18. The molecule has 1 aromatic heterocycles. The minimum atomic E-state index is -4.55. The first-order valence-electron chi connectivity index (χ1n) is 10.5.